The molecule has 2 N–H and O–H groups in total. The first kappa shape index (κ1) is 15.9. The van der Waals surface area contributed by atoms with Crippen molar-refractivity contribution in [2.45, 2.75) is 30.6 Å². The zero-order valence-electron chi connectivity index (χ0n) is 12.6. The van der Waals surface area contributed by atoms with Crippen LogP contribution in [0.1, 0.15) is 35.6 Å². The number of sulfonamides is 1. The Morgan fingerprint density at radius 1 is 1.46 bits per heavy atom. The molecule has 2 aromatic rings. The van der Waals surface area contributed by atoms with Crippen LogP contribution in [0.4, 0.5) is 11.5 Å². The van der Waals surface area contributed by atoms with Crippen molar-refractivity contribution >= 4 is 21.5 Å². The molecule has 0 spiro atoms. The first-order valence-corrected chi connectivity index (χ1v) is 8.58. The fourth-order valence-electron chi connectivity index (χ4n) is 2.44. The van der Waals surface area contributed by atoms with E-state index in [2.05, 4.69) is 14.9 Å². The van der Waals surface area contributed by atoms with Crippen LogP contribution in [0.5, 0.6) is 0 Å². The van der Waals surface area contributed by atoms with Crippen LogP contribution in [-0.2, 0) is 10.0 Å². The maximum Gasteiger partial charge on any atom is 0.269 e. The van der Waals surface area contributed by atoms with E-state index in [-0.39, 0.29) is 33.4 Å². The largest absolute Gasteiger partial charge is 0.279 e. The van der Waals surface area contributed by atoms with Crippen molar-refractivity contribution in [2.75, 3.05) is 4.72 Å². The van der Waals surface area contributed by atoms with E-state index in [1.165, 1.54) is 13.0 Å². The molecule has 1 aromatic carbocycles. The van der Waals surface area contributed by atoms with E-state index in [1.54, 1.807) is 0 Å². The molecule has 0 bridgehead atoms. The zero-order valence-corrected chi connectivity index (χ0v) is 13.4. The molecule has 24 heavy (non-hydrogen) atoms. The van der Waals surface area contributed by atoms with Crippen molar-refractivity contribution in [1.29, 1.82) is 5.26 Å². The third-order valence-electron chi connectivity index (χ3n) is 3.78. The Bertz CT molecular complexity index is 970. The number of rotatable bonds is 5. The van der Waals surface area contributed by atoms with Gasteiger partial charge in [-0.1, -0.05) is 0 Å². The van der Waals surface area contributed by atoms with Crippen LogP contribution >= 0.6 is 0 Å². The van der Waals surface area contributed by atoms with Crippen molar-refractivity contribution in [3.05, 3.63) is 45.1 Å². The van der Waals surface area contributed by atoms with E-state index in [9.17, 15) is 23.8 Å². The average molecular weight is 347 g/mol. The predicted molar refractivity (Wildman–Crippen MR) is 83.9 cm³/mol. The molecule has 0 saturated heterocycles. The van der Waals surface area contributed by atoms with Crippen molar-refractivity contribution in [3.8, 4) is 6.07 Å². The van der Waals surface area contributed by atoms with E-state index < -0.39 is 14.9 Å². The van der Waals surface area contributed by atoms with E-state index >= 15 is 0 Å². The second kappa shape index (κ2) is 5.61. The van der Waals surface area contributed by atoms with Crippen molar-refractivity contribution < 1.29 is 13.3 Å². The van der Waals surface area contributed by atoms with Gasteiger partial charge < -0.3 is 0 Å². The molecule has 1 saturated carbocycles. The molecule has 0 amide bonds. The number of anilines is 1. The number of non-ortho nitro benzene ring substituents is 1. The molecule has 0 radical (unpaired) electrons. The Morgan fingerprint density at radius 2 is 2.17 bits per heavy atom. The van der Waals surface area contributed by atoms with Gasteiger partial charge in [0.05, 0.1) is 15.5 Å². The lowest BCUT2D eigenvalue weighted by atomic mass is 10.2. The van der Waals surface area contributed by atoms with Gasteiger partial charge in [-0.3, -0.25) is 19.9 Å². The van der Waals surface area contributed by atoms with Gasteiger partial charge in [0, 0.05) is 18.1 Å². The molecule has 0 atom stereocenters. The Balaban J connectivity index is 1.95. The number of benzene rings is 1. The van der Waals surface area contributed by atoms with Gasteiger partial charge in [0.25, 0.3) is 15.7 Å². The third kappa shape index (κ3) is 2.81. The summed E-state index contributed by atoms with van der Waals surface area (Å²) in [6, 6.07) is 5.43. The standard InChI is InChI=1S/C14H13N5O4S/c1-8-6-10(19(20)21)4-5-12(8)24(22,23)18-14-11(7-15)13(16-17-14)9-2-3-9/h4-6,9H,2-3H2,1H3,(H2,16,17,18). The Morgan fingerprint density at radius 3 is 2.71 bits per heavy atom. The van der Waals surface area contributed by atoms with Crippen LogP contribution in [0.15, 0.2) is 23.1 Å². The summed E-state index contributed by atoms with van der Waals surface area (Å²) in [6.45, 7) is 1.47. The molecule has 3 rings (SSSR count). The van der Waals surface area contributed by atoms with Gasteiger partial charge in [0.1, 0.15) is 11.6 Å². The van der Waals surface area contributed by atoms with Crippen molar-refractivity contribution in [2.24, 2.45) is 0 Å². The Labute approximate surface area is 137 Å². The van der Waals surface area contributed by atoms with Crippen LogP contribution in [0.25, 0.3) is 0 Å². The molecule has 9 nitrogen and oxygen atoms in total. The number of nitro groups is 1. The summed E-state index contributed by atoms with van der Waals surface area (Å²) in [4.78, 5) is 10.1. The van der Waals surface area contributed by atoms with E-state index in [4.69, 9.17) is 0 Å². The Kier molecular flexibility index (Phi) is 3.73. The molecule has 1 heterocycles. The highest BCUT2D eigenvalue weighted by Crippen LogP contribution is 2.42. The number of hydrogen-bond acceptors (Lipinski definition) is 6. The maximum absolute atomic E-state index is 12.5. The minimum absolute atomic E-state index is 0.0582. The van der Waals surface area contributed by atoms with Gasteiger partial charge in [-0.2, -0.15) is 10.4 Å². The number of aromatic amines is 1. The molecule has 10 heteroatoms. The molecule has 0 unspecified atom stereocenters. The number of nitro benzene ring substituents is 1. The highest BCUT2D eigenvalue weighted by molar-refractivity contribution is 7.92. The molecule has 1 aliphatic rings. The average Bonchev–Trinajstić information content (AvgIpc) is 3.28. The molecule has 1 aromatic heterocycles. The highest BCUT2D eigenvalue weighted by Gasteiger charge is 2.31. The van der Waals surface area contributed by atoms with E-state index in [0.29, 0.717) is 5.69 Å². The number of nitriles is 1. The molecular weight excluding hydrogens is 334 g/mol. The van der Waals surface area contributed by atoms with Crippen LogP contribution in [0.2, 0.25) is 0 Å². The first-order valence-electron chi connectivity index (χ1n) is 7.09. The van der Waals surface area contributed by atoms with Gasteiger partial charge in [-0.15, -0.1) is 0 Å². The number of aromatic nitrogens is 2. The minimum Gasteiger partial charge on any atom is -0.279 e. The minimum atomic E-state index is -4.02. The quantitative estimate of drug-likeness (QED) is 0.627. The zero-order chi connectivity index (χ0) is 17.5. The van der Waals surface area contributed by atoms with Gasteiger partial charge in [-0.05, 0) is 31.4 Å². The maximum atomic E-state index is 12.5. The van der Waals surface area contributed by atoms with Crippen LogP contribution < -0.4 is 4.72 Å². The highest BCUT2D eigenvalue weighted by atomic mass is 32.2. The normalized spacial score (nSPS) is 14.2. The lowest BCUT2D eigenvalue weighted by molar-refractivity contribution is -0.385. The third-order valence-corrected chi connectivity index (χ3v) is 5.28. The number of aryl methyl sites for hydroxylation is 1. The van der Waals surface area contributed by atoms with Crippen molar-refractivity contribution in [3.63, 3.8) is 0 Å². The first-order chi connectivity index (χ1) is 11.3. The van der Waals surface area contributed by atoms with E-state index in [0.717, 1.165) is 25.0 Å². The van der Waals surface area contributed by atoms with Crippen molar-refractivity contribution in [1.82, 2.24) is 10.2 Å². The fraction of sp³-hybridized carbons (Fsp3) is 0.286. The second-order valence-corrected chi connectivity index (χ2v) is 7.21. The number of nitrogens with one attached hydrogen (secondary N) is 2. The van der Waals surface area contributed by atoms with Crippen LogP contribution in [-0.4, -0.2) is 23.5 Å². The molecule has 124 valence electrons. The lowest BCUT2D eigenvalue weighted by Crippen LogP contribution is -2.15. The smallest absolute Gasteiger partial charge is 0.269 e. The number of hydrogen-bond donors (Lipinski definition) is 2. The van der Waals surface area contributed by atoms with Crippen LogP contribution in [0, 0.1) is 28.4 Å². The molecule has 0 aliphatic heterocycles. The summed E-state index contributed by atoms with van der Waals surface area (Å²) in [6.07, 6.45) is 1.87. The summed E-state index contributed by atoms with van der Waals surface area (Å²) in [5.74, 6) is 0.156. The monoisotopic (exact) mass is 347 g/mol. The van der Waals surface area contributed by atoms with Gasteiger partial charge >= 0.3 is 0 Å². The van der Waals surface area contributed by atoms with E-state index in [1.807, 2.05) is 6.07 Å². The number of H-pyrrole nitrogens is 1. The SMILES string of the molecule is Cc1cc([N+](=O)[O-])ccc1S(=O)(=O)Nc1n[nH]c(C2CC2)c1C#N. The fourth-order valence-corrected chi connectivity index (χ4v) is 3.68. The number of nitrogens with zero attached hydrogens (tertiary/aromatic N) is 3. The second-order valence-electron chi connectivity index (χ2n) is 5.56. The summed E-state index contributed by atoms with van der Waals surface area (Å²) >= 11 is 0. The summed E-state index contributed by atoms with van der Waals surface area (Å²) < 4.78 is 27.3. The molecule has 1 aliphatic carbocycles. The van der Waals surface area contributed by atoms with Crippen LogP contribution in [0.3, 0.4) is 0 Å². The van der Waals surface area contributed by atoms with Gasteiger partial charge in [0.2, 0.25) is 0 Å². The molecule has 1 fully saturated rings. The predicted octanol–water partition coefficient (Wildman–Crippen LogP) is 2.18. The summed E-state index contributed by atoms with van der Waals surface area (Å²) in [5.41, 5.74) is 0.851. The summed E-state index contributed by atoms with van der Waals surface area (Å²) in [5, 5.41) is 26.6. The molecular formula is C14H13N5O4S. The lowest BCUT2D eigenvalue weighted by Gasteiger charge is -2.08. The van der Waals surface area contributed by atoms with Gasteiger partial charge in [-0.25, -0.2) is 8.42 Å². The summed E-state index contributed by atoms with van der Waals surface area (Å²) in [7, 11) is -4.02. The van der Waals surface area contributed by atoms with Gasteiger partial charge in [0.15, 0.2) is 5.82 Å². The topological polar surface area (TPSA) is 142 Å². The Hall–Kier alpha value is -2.93.